The Morgan fingerprint density at radius 2 is 1.79 bits per heavy atom. The van der Waals surface area contributed by atoms with E-state index < -0.39 is 12.1 Å². The highest BCUT2D eigenvalue weighted by Gasteiger charge is 2.16. The number of hydrogen-bond donors (Lipinski definition) is 2. The third-order valence-electron chi connectivity index (χ3n) is 4.27. The molecular formula is C22H21NO6. The molecule has 1 atom stereocenters. The Morgan fingerprint density at radius 3 is 2.41 bits per heavy atom. The molecule has 3 aromatic rings. The van der Waals surface area contributed by atoms with Gasteiger partial charge in [0.2, 0.25) is 5.76 Å². The first kappa shape index (κ1) is 20.0. The van der Waals surface area contributed by atoms with Crippen LogP contribution in [0.3, 0.4) is 0 Å². The molecular weight excluding hydrogens is 374 g/mol. The molecule has 0 fully saturated rings. The second-order valence-electron chi connectivity index (χ2n) is 6.45. The fraction of sp³-hybridized carbons (Fsp3) is 0.182. The minimum atomic E-state index is -1.14. The van der Waals surface area contributed by atoms with Crippen LogP contribution in [0.15, 0.2) is 59.0 Å². The summed E-state index contributed by atoms with van der Waals surface area (Å²) in [5.74, 6) is -0.0492. The SMILES string of the molecule is COc1ccc(C)cc1NC(=O)c1ccc(OC(C)c2ccc(C(=O)O)o2)cc1. The summed E-state index contributed by atoms with van der Waals surface area (Å²) in [7, 11) is 1.55. The van der Waals surface area contributed by atoms with E-state index in [0.717, 1.165) is 5.56 Å². The molecule has 1 unspecified atom stereocenters. The maximum absolute atomic E-state index is 12.5. The molecule has 0 saturated heterocycles. The summed E-state index contributed by atoms with van der Waals surface area (Å²) in [4.78, 5) is 23.4. The highest BCUT2D eigenvalue weighted by atomic mass is 16.5. The quantitative estimate of drug-likeness (QED) is 0.602. The van der Waals surface area contributed by atoms with Crippen LogP contribution in [0.2, 0.25) is 0 Å². The number of ether oxygens (including phenoxy) is 2. The number of aromatic carboxylic acids is 1. The number of nitrogens with one attached hydrogen (secondary N) is 1. The van der Waals surface area contributed by atoms with Gasteiger partial charge in [-0.3, -0.25) is 4.79 Å². The molecule has 1 aromatic heterocycles. The Kier molecular flexibility index (Phi) is 5.87. The van der Waals surface area contributed by atoms with Crippen LogP contribution in [0.5, 0.6) is 11.5 Å². The minimum Gasteiger partial charge on any atom is -0.495 e. The lowest BCUT2D eigenvalue weighted by molar-refractivity contribution is 0.0655. The van der Waals surface area contributed by atoms with Crippen LogP contribution in [0, 0.1) is 6.92 Å². The molecule has 0 aliphatic heterocycles. The second kappa shape index (κ2) is 8.52. The van der Waals surface area contributed by atoms with Crippen molar-refractivity contribution in [1.29, 1.82) is 0 Å². The van der Waals surface area contributed by atoms with E-state index in [1.54, 1.807) is 50.4 Å². The van der Waals surface area contributed by atoms with Gasteiger partial charge in [0.25, 0.3) is 5.91 Å². The van der Waals surface area contributed by atoms with Crippen molar-refractivity contribution in [1.82, 2.24) is 0 Å². The lowest BCUT2D eigenvalue weighted by Gasteiger charge is -2.13. The molecule has 2 aromatic carbocycles. The fourth-order valence-electron chi connectivity index (χ4n) is 2.75. The minimum absolute atomic E-state index is 0.144. The van der Waals surface area contributed by atoms with E-state index in [2.05, 4.69) is 5.32 Å². The van der Waals surface area contributed by atoms with Crippen molar-refractivity contribution < 1.29 is 28.6 Å². The summed E-state index contributed by atoms with van der Waals surface area (Å²) < 4.78 is 16.3. The van der Waals surface area contributed by atoms with E-state index in [9.17, 15) is 9.59 Å². The molecule has 0 aliphatic carbocycles. The fourth-order valence-corrected chi connectivity index (χ4v) is 2.75. The van der Waals surface area contributed by atoms with Gasteiger partial charge in [-0.25, -0.2) is 4.79 Å². The van der Waals surface area contributed by atoms with Crippen molar-refractivity contribution >= 4 is 17.6 Å². The lowest BCUT2D eigenvalue weighted by Crippen LogP contribution is -2.12. The normalized spacial score (nSPS) is 11.6. The first-order valence-corrected chi connectivity index (χ1v) is 8.93. The summed E-state index contributed by atoms with van der Waals surface area (Å²) in [6, 6.07) is 15.1. The van der Waals surface area contributed by atoms with Gasteiger partial charge < -0.3 is 24.3 Å². The van der Waals surface area contributed by atoms with Gasteiger partial charge in [0.05, 0.1) is 12.8 Å². The molecule has 3 rings (SSSR count). The maximum Gasteiger partial charge on any atom is 0.371 e. The third-order valence-corrected chi connectivity index (χ3v) is 4.27. The van der Waals surface area contributed by atoms with Crippen LogP contribution < -0.4 is 14.8 Å². The average molecular weight is 395 g/mol. The van der Waals surface area contributed by atoms with Crippen molar-refractivity contribution in [2.45, 2.75) is 20.0 Å². The number of benzene rings is 2. The Hall–Kier alpha value is -3.74. The summed E-state index contributed by atoms with van der Waals surface area (Å²) in [6.07, 6.45) is -0.487. The van der Waals surface area contributed by atoms with Gasteiger partial charge in [0.1, 0.15) is 17.3 Å². The smallest absolute Gasteiger partial charge is 0.371 e. The van der Waals surface area contributed by atoms with Gasteiger partial charge in [-0.15, -0.1) is 0 Å². The predicted molar refractivity (Wildman–Crippen MR) is 107 cm³/mol. The van der Waals surface area contributed by atoms with Crippen LogP contribution in [0.4, 0.5) is 5.69 Å². The molecule has 1 amide bonds. The van der Waals surface area contributed by atoms with E-state index in [0.29, 0.717) is 28.5 Å². The highest BCUT2D eigenvalue weighted by molar-refractivity contribution is 6.05. The van der Waals surface area contributed by atoms with E-state index in [-0.39, 0.29) is 11.7 Å². The summed E-state index contributed by atoms with van der Waals surface area (Å²) in [6.45, 7) is 3.68. The molecule has 0 bridgehead atoms. The van der Waals surface area contributed by atoms with E-state index in [1.165, 1.54) is 6.07 Å². The predicted octanol–water partition coefficient (Wildman–Crippen LogP) is 4.69. The van der Waals surface area contributed by atoms with E-state index >= 15 is 0 Å². The number of carbonyl (C=O) groups excluding carboxylic acids is 1. The second-order valence-corrected chi connectivity index (χ2v) is 6.45. The number of anilines is 1. The number of carbonyl (C=O) groups is 2. The molecule has 0 saturated carbocycles. The van der Waals surface area contributed by atoms with Crippen molar-refractivity contribution in [2.24, 2.45) is 0 Å². The molecule has 0 aliphatic rings. The van der Waals surface area contributed by atoms with Gasteiger partial charge in [0, 0.05) is 5.56 Å². The number of amides is 1. The van der Waals surface area contributed by atoms with Gasteiger partial charge >= 0.3 is 5.97 Å². The number of rotatable bonds is 7. The zero-order valence-corrected chi connectivity index (χ0v) is 16.3. The lowest BCUT2D eigenvalue weighted by atomic mass is 10.1. The first-order chi connectivity index (χ1) is 13.9. The van der Waals surface area contributed by atoms with Crippen molar-refractivity contribution in [3.8, 4) is 11.5 Å². The Balaban J connectivity index is 1.67. The monoisotopic (exact) mass is 395 g/mol. The largest absolute Gasteiger partial charge is 0.495 e. The van der Waals surface area contributed by atoms with Gasteiger partial charge in [0.15, 0.2) is 6.10 Å². The standard InChI is InChI=1S/C22H21NO6/c1-13-4-9-19(27-3)17(12-13)23-21(24)15-5-7-16(8-6-15)28-14(2)18-10-11-20(29-18)22(25)26/h4-12,14H,1-3H3,(H,23,24)(H,25,26). The zero-order chi connectivity index (χ0) is 21.0. The van der Waals surface area contributed by atoms with Crippen molar-refractivity contribution in [2.75, 3.05) is 12.4 Å². The number of hydrogen-bond acceptors (Lipinski definition) is 5. The van der Waals surface area contributed by atoms with Gasteiger partial charge in [-0.1, -0.05) is 6.07 Å². The molecule has 1 heterocycles. The maximum atomic E-state index is 12.5. The Labute approximate surface area is 167 Å². The van der Waals surface area contributed by atoms with Gasteiger partial charge in [-0.05, 0) is 67.9 Å². The molecule has 7 heteroatoms. The topological polar surface area (TPSA) is 98.0 Å². The van der Waals surface area contributed by atoms with Crippen LogP contribution in [0.25, 0.3) is 0 Å². The van der Waals surface area contributed by atoms with E-state index in [1.807, 2.05) is 19.1 Å². The van der Waals surface area contributed by atoms with Crippen molar-refractivity contribution in [3.05, 3.63) is 77.2 Å². The molecule has 2 N–H and O–H groups in total. The van der Waals surface area contributed by atoms with Gasteiger partial charge in [-0.2, -0.15) is 0 Å². The summed E-state index contributed by atoms with van der Waals surface area (Å²) in [5.41, 5.74) is 2.06. The van der Waals surface area contributed by atoms with Crippen LogP contribution in [-0.4, -0.2) is 24.1 Å². The molecule has 7 nitrogen and oxygen atoms in total. The first-order valence-electron chi connectivity index (χ1n) is 8.93. The number of carboxylic acids is 1. The number of carboxylic acid groups (broad SMARTS) is 1. The third kappa shape index (κ3) is 4.76. The van der Waals surface area contributed by atoms with Crippen LogP contribution in [0.1, 0.15) is 45.3 Å². The zero-order valence-electron chi connectivity index (χ0n) is 16.3. The van der Waals surface area contributed by atoms with Crippen LogP contribution in [-0.2, 0) is 0 Å². The Morgan fingerprint density at radius 1 is 1.07 bits per heavy atom. The number of aryl methyl sites for hydroxylation is 1. The van der Waals surface area contributed by atoms with E-state index in [4.69, 9.17) is 19.0 Å². The molecule has 0 spiro atoms. The average Bonchev–Trinajstić information content (AvgIpc) is 3.19. The number of methoxy groups -OCH3 is 1. The molecule has 29 heavy (non-hydrogen) atoms. The summed E-state index contributed by atoms with van der Waals surface area (Å²) >= 11 is 0. The summed E-state index contributed by atoms with van der Waals surface area (Å²) in [5, 5.41) is 11.8. The molecule has 0 radical (unpaired) electrons. The van der Waals surface area contributed by atoms with Crippen LogP contribution >= 0.6 is 0 Å². The number of furan rings is 1. The molecule has 150 valence electrons. The highest BCUT2D eigenvalue weighted by Crippen LogP contribution is 2.27. The van der Waals surface area contributed by atoms with Crippen molar-refractivity contribution in [3.63, 3.8) is 0 Å². The Bertz CT molecular complexity index is 1020.